The Bertz CT molecular complexity index is 903. The van der Waals surface area contributed by atoms with Crippen molar-refractivity contribution in [2.45, 2.75) is 71.7 Å². The molecule has 0 unspecified atom stereocenters. The lowest BCUT2D eigenvalue weighted by Crippen LogP contribution is -2.56. The molecule has 0 spiro atoms. The van der Waals surface area contributed by atoms with Gasteiger partial charge in [-0.3, -0.25) is 14.5 Å². The first-order chi connectivity index (χ1) is 15.9. The van der Waals surface area contributed by atoms with Crippen molar-refractivity contribution in [2.24, 2.45) is 5.92 Å². The maximum absolute atomic E-state index is 13.1. The van der Waals surface area contributed by atoms with Gasteiger partial charge in [0.25, 0.3) is 0 Å². The van der Waals surface area contributed by atoms with Crippen LogP contribution in [-0.4, -0.2) is 48.4 Å². The average Bonchev–Trinajstić information content (AvgIpc) is 2.75. The largest absolute Gasteiger partial charge is 0.489 e. The van der Waals surface area contributed by atoms with E-state index in [4.69, 9.17) is 4.74 Å². The predicted octanol–water partition coefficient (Wildman–Crippen LogP) is 4.18. The van der Waals surface area contributed by atoms with Crippen molar-refractivity contribution in [3.05, 3.63) is 65.7 Å². The minimum Gasteiger partial charge on any atom is -0.489 e. The van der Waals surface area contributed by atoms with Crippen LogP contribution in [0.4, 0.5) is 0 Å². The summed E-state index contributed by atoms with van der Waals surface area (Å²) >= 11 is 0. The molecule has 2 atom stereocenters. The lowest BCUT2D eigenvalue weighted by atomic mass is 9.99. The average molecular weight is 468 g/mol. The molecule has 0 saturated heterocycles. The fraction of sp³-hybridized carbons (Fsp3) is 0.500. The number of ether oxygens (including phenoxy) is 1. The second-order valence-corrected chi connectivity index (χ2v) is 10.5. The summed E-state index contributed by atoms with van der Waals surface area (Å²) in [6.07, 6.45) is 1.12. The molecule has 0 aliphatic heterocycles. The molecule has 2 aromatic carbocycles. The topological polar surface area (TPSA) is 70.7 Å². The summed E-state index contributed by atoms with van der Waals surface area (Å²) in [5.74, 6) is 0.809. The van der Waals surface area contributed by atoms with E-state index in [0.717, 1.165) is 23.3 Å². The van der Waals surface area contributed by atoms with E-state index in [1.54, 1.807) is 0 Å². The third-order valence-electron chi connectivity index (χ3n) is 5.36. The zero-order chi connectivity index (χ0) is 25.3. The SMILES string of the molecule is CC(C)C[C@@H](C(=O)N[C@@H](Cc1ccc(OCc2ccccc2)cc1)C(=O)NC(C)(C)C)N(C)C. The zero-order valence-electron chi connectivity index (χ0n) is 21.7. The molecule has 6 nitrogen and oxygen atoms in total. The summed E-state index contributed by atoms with van der Waals surface area (Å²) in [7, 11) is 3.79. The molecule has 0 aliphatic rings. The minimum absolute atomic E-state index is 0.129. The number of nitrogens with one attached hydrogen (secondary N) is 2. The van der Waals surface area contributed by atoms with Gasteiger partial charge in [-0.2, -0.15) is 0 Å². The number of carbonyl (C=O) groups is 2. The van der Waals surface area contributed by atoms with Crippen molar-refractivity contribution >= 4 is 11.8 Å². The summed E-state index contributed by atoms with van der Waals surface area (Å²) < 4.78 is 5.87. The van der Waals surface area contributed by atoms with Crippen molar-refractivity contribution < 1.29 is 14.3 Å². The van der Waals surface area contributed by atoms with E-state index < -0.39 is 11.6 Å². The van der Waals surface area contributed by atoms with E-state index >= 15 is 0 Å². The van der Waals surface area contributed by atoms with Crippen LogP contribution in [0.5, 0.6) is 5.75 Å². The maximum atomic E-state index is 13.1. The summed E-state index contributed by atoms with van der Waals surface area (Å²) in [6.45, 7) is 10.5. The molecular weight excluding hydrogens is 426 g/mol. The highest BCUT2D eigenvalue weighted by molar-refractivity contribution is 5.90. The van der Waals surface area contributed by atoms with Crippen LogP contribution in [0, 0.1) is 5.92 Å². The Hall–Kier alpha value is -2.86. The number of likely N-dealkylation sites (N-methyl/N-ethyl adjacent to an activating group) is 1. The molecule has 0 aliphatic carbocycles. The molecule has 2 rings (SSSR count). The molecule has 2 amide bonds. The number of amides is 2. The van der Waals surface area contributed by atoms with Gasteiger partial charge in [-0.25, -0.2) is 0 Å². The standard InChI is InChI=1S/C28H41N3O3/c1-20(2)17-25(31(6)7)27(33)29-24(26(32)30-28(3,4)5)18-21-13-15-23(16-14-21)34-19-22-11-9-8-10-12-22/h8-16,20,24-25H,17-19H2,1-7H3,(H,29,33)(H,30,32)/t24-,25-/m0/s1. The maximum Gasteiger partial charge on any atom is 0.243 e. The lowest BCUT2D eigenvalue weighted by molar-refractivity contribution is -0.132. The molecule has 0 aromatic heterocycles. The Morgan fingerprint density at radius 2 is 1.53 bits per heavy atom. The molecule has 0 fully saturated rings. The van der Waals surface area contributed by atoms with E-state index in [1.807, 2.05) is 94.4 Å². The Kier molecular flexibility index (Phi) is 10.1. The quantitative estimate of drug-likeness (QED) is 0.520. The van der Waals surface area contributed by atoms with E-state index in [2.05, 4.69) is 24.5 Å². The van der Waals surface area contributed by atoms with E-state index in [9.17, 15) is 9.59 Å². The molecule has 0 bridgehead atoms. The number of carbonyl (C=O) groups excluding carboxylic acids is 2. The molecule has 6 heteroatoms. The Labute approximate surface area is 205 Å². The van der Waals surface area contributed by atoms with Crippen molar-refractivity contribution in [1.29, 1.82) is 0 Å². The summed E-state index contributed by atoms with van der Waals surface area (Å²) in [5, 5.41) is 6.02. The molecule has 0 heterocycles. The number of hydrogen-bond acceptors (Lipinski definition) is 4. The highest BCUT2D eigenvalue weighted by Gasteiger charge is 2.29. The van der Waals surface area contributed by atoms with Crippen LogP contribution in [0.1, 0.15) is 52.2 Å². The van der Waals surface area contributed by atoms with Crippen molar-refractivity contribution in [3.63, 3.8) is 0 Å². The van der Waals surface area contributed by atoms with Crippen LogP contribution in [0.15, 0.2) is 54.6 Å². The van der Waals surface area contributed by atoms with Crippen LogP contribution in [0.2, 0.25) is 0 Å². The van der Waals surface area contributed by atoms with Gasteiger partial charge in [0.05, 0.1) is 6.04 Å². The van der Waals surface area contributed by atoms with E-state index in [-0.39, 0.29) is 17.9 Å². The van der Waals surface area contributed by atoms with Crippen LogP contribution >= 0.6 is 0 Å². The lowest BCUT2D eigenvalue weighted by Gasteiger charge is -2.29. The number of nitrogens with zero attached hydrogens (tertiary/aromatic N) is 1. The fourth-order valence-corrected chi connectivity index (χ4v) is 3.63. The molecule has 2 N–H and O–H groups in total. The molecule has 0 saturated carbocycles. The predicted molar refractivity (Wildman–Crippen MR) is 138 cm³/mol. The van der Waals surface area contributed by atoms with E-state index in [0.29, 0.717) is 18.9 Å². The summed E-state index contributed by atoms with van der Waals surface area (Å²) in [4.78, 5) is 28.1. The number of hydrogen-bond donors (Lipinski definition) is 2. The van der Waals surface area contributed by atoms with Gasteiger partial charge in [0.15, 0.2) is 0 Å². The van der Waals surface area contributed by atoms with Gasteiger partial charge in [-0.05, 0) is 70.5 Å². The van der Waals surface area contributed by atoms with Gasteiger partial charge < -0.3 is 15.4 Å². The zero-order valence-corrected chi connectivity index (χ0v) is 21.7. The van der Waals surface area contributed by atoms with Gasteiger partial charge >= 0.3 is 0 Å². The summed E-state index contributed by atoms with van der Waals surface area (Å²) in [5.41, 5.74) is 1.66. The highest BCUT2D eigenvalue weighted by atomic mass is 16.5. The van der Waals surface area contributed by atoms with Crippen LogP contribution in [0.3, 0.4) is 0 Å². The third-order valence-corrected chi connectivity index (χ3v) is 5.36. The first-order valence-corrected chi connectivity index (χ1v) is 12.0. The van der Waals surface area contributed by atoms with Crippen molar-refractivity contribution in [1.82, 2.24) is 15.5 Å². The fourth-order valence-electron chi connectivity index (χ4n) is 3.63. The van der Waals surface area contributed by atoms with E-state index in [1.165, 1.54) is 0 Å². The van der Waals surface area contributed by atoms with Crippen LogP contribution < -0.4 is 15.4 Å². The molecule has 186 valence electrons. The second-order valence-electron chi connectivity index (χ2n) is 10.5. The Balaban J connectivity index is 2.11. The molecular formula is C28H41N3O3. The van der Waals surface area contributed by atoms with Crippen LogP contribution in [-0.2, 0) is 22.6 Å². The minimum atomic E-state index is -0.669. The third kappa shape index (κ3) is 9.56. The van der Waals surface area contributed by atoms with Crippen LogP contribution in [0.25, 0.3) is 0 Å². The second kappa shape index (κ2) is 12.6. The smallest absolute Gasteiger partial charge is 0.243 e. The van der Waals surface area contributed by atoms with Gasteiger partial charge in [0.1, 0.15) is 18.4 Å². The summed E-state index contributed by atoms with van der Waals surface area (Å²) in [6, 6.07) is 16.7. The number of rotatable bonds is 11. The molecule has 34 heavy (non-hydrogen) atoms. The molecule has 2 aromatic rings. The monoisotopic (exact) mass is 467 g/mol. The Morgan fingerprint density at radius 1 is 0.912 bits per heavy atom. The highest BCUT2D eigenvalue weighted by Crippen LogP contribution is 2.16. The number of benzene rings is 2. The Morgan fingerprint density at radius 3 is 2.06 bits per heavy atom. The normalized spacial score (nSPS) is 13.4. The first kappa shape index (κ1) is 27.4. The van der Waals surface area contributed by atoms with Gasteiger partial charge in [-0.15, -0.1) is 0 Å². The van der Waals surface area contributed by atoms with Gasteiger partial charge in [-0.1, -0.05) is 56.3 Å². The van der Waals surface area contributed by atoms with Gasteiger partial charge in [0, 0.05) is 12.0 Å². The molecule has 0 radical (unpaired) electrons. The first-order valence-electron chi connectivity index (χ1n) is 12.0. The van der Waals surface area contributed by atoms with Crippen molar-refractivity contribution in [3.8, 4) is 5.75 Å². The van der Waals surface area contributed by atoms with Gasteiger partial charge in [0.2, 0.25) is 11.8 Å². The van der Waals surface area contributed by atoms with Crippen molar-refractivity contribution in [2.75, 3.05) is 14.1 Å².